The maximum Gasteiger partial charge on any atom is 0.303 e. The van der Waals surface area contributed by atoms with E-state index in [0.29, 0.717) is 0 Å². The molecule has 0 atom stereocenters. The summed E-state index contributed by atoms with van der Waals surface area (Å²) in [6.45, 7) is 0. The van der Waals surface area contributed by atoms with Crippen molar-refractivity contribution in [2.45, 2.75) is 32.1 Å². The zero-order chi connectivity index (χ0) is 13.5. The molecule has 3 heteroatoms. The molecule has 0 bridgehead atoms. The molecular formula is C16H18O2S. The minimum atomic E-state index is -0.698. The summed E-state index contributed by atoms with van der Waals surface area (Å²) in [5, 5.41) is 8.58. The highest BCUT2D eigenvalue weighted by Gasteiger charge is 2.02. The molecule has 0 radical (unpaired) electrons. The summed E-state index contributed by atoms with van der Waals surface area (Å²) in [4.78, 5) is 13.2. The average Bonchev–Trinajstić information content (AvgIpc) is 2.83. The van der Waals surface area contributed by atoms with E-state index in [1.807, 2.05) is 17.4 Å². The summed E-state index contributed by atoms with van der Waals surface area (Å²) in [6.07, 6.45) is 3.98. The Bertz CT molecular complexity index is 517. The van der Waals surface area contributed by atoms with Crippen molar-refractivity contribution in [2.24, 2.45) is 0 Å². The van der Waals surface area contributed by atoms with E-state index < -0.39 is 5.97 Å². The Hall–Kier alpha value is -1.61. The van der Waals surface area contributed by atoms with Gasteiger partial charge in [-0.15, -0.1) is 11.3 Å². The van der Waals surface area contributed by atoms with Crippen molar-refractivity contribution in [1.29, 1.82) is 0 Å². The lowest BCUT2D eigenvalue weighted by atomic mass is 10.1. The highest BCUT2D eigenvalue weighted by Crippen LogP contribution is 2.21. The Kier molecular flexibility index (Phi) is 5.16. The molecular weight excluding hydrogens is 256 g/mol. The van der Waals surface area contributed by atoms with E-state index in [-0.39, 0.29) is 6.42 Å². The van der Waals surface area contributed by atoms with E-state index in [9.17, 15) is 4.79 Å². The molecule has 1 aromatic carbocycles. The SMILES string of the molecule is O=C(O)CCCCc1ccc(Cc2ccccc2)s1. The van der Waals surface area contributed by atoms with Crippen molar-refractivity contribution in [1.82, 2.24) is 0 Å². The largest absolute Gasteiger partial charge is 0.481 e. The third-order valence-corrected chi connectivity index (χ3v) is 4.15. The van der Waals surface area contributed by atoms with Crippen molar-refractivity contribution in [3.63, 3.8) is 0 Å². The molecule has 1 heterocycles. The third kappa shape index (κ3) is 4.87. The van der Waals surface area contributed by atoms with E-state index in [2.05, 4.69) is 36.4 Å². The van der Waals surface area contributed by atoms with Crippen LogP contribution in [0.3, 0.4) is 0 Å². The minimum absolute atomic E-state index is 0.280. The number of rotatable bonds is 7. The van der Waals surface area contributed by atoms with Crippen LogP contribution in [0.1, 0.15) is 34.6 Å². The van der Waals surface area contributed by atoms with Gasteiger partial charge >= 0.3 is 5.97 Å². The van der Waals surface area contributed by atoms with Crippen LogP contribution in [0, 0.1) is 0 Å². The van der Waals surface area contributed by atoms with Crippen LogP contribution in [0.4, 0.5) is 0 Å². The zero-order valence-corrected chi connectivity index (χ0v) is 11.7. The van der Waals surface area contributed by atoms with Crippen molar-refractivity contribution in [2.75, 3.05) is 0 Å². The van der Waals surface area contributed by atoms with Crippen LogP contribution in [0.2, 0.25) is 0 Å². The first-order valence-electron chi connectivity index (χ1n) is 6.57. The molecule has 1 N–H and O–H groups in total. The number of hydrogen-bond acceptors (Lipinski definition) is 2. The lowest BCUT2D eigenvalue weighted by Gasteiger charge is -1.98. The summed E-state index contributed by atoms with van der Waals surface area (Å²) in [5.74, 6) is -0.698. The highest BCUT2D eigenvalue weighted by atomic mass is 32.1. The molecule has 0 saturated carbocycles. The molecule has 0 aliphatic carbocycles. The number of thiophene rings is 1. The molecule has 2 nitrogen and oxygen atoms in total. The maximum atomic E-state index is 10.4. The first kappa shape index (κ1) is 13.8. The van der Waals surface area contributed by atoms with E-state index in [0.717, 1.165) is 25.7 Å². The van der Waals surface area contributed by atoms with Crippen LogP contribution in [0.25, 0.3) is 0 Å². The average molecular weight is 274 g/mol. The number of carbonyl (C=O) groups is 1. The molecule has 0 aliphatic heterocycles. The summed E-state index contributed by atoms with van der Waals surface area (Å²) < 4.78 is 0. The normalized spacial score (nSPS) is 10.5. The molecule has 100 valence electrons. The fourth-order valence-corrected chi connectivity index (χ4v) is 3.12. The predicted molar refractivity (Wildman–Crippen MR) is 78.8 cm³/mol. The van der Waals surface area contributed by atoms with Crippen LogP contribution < -0.4 is 0 Å². The number of benzene rings is 1. The number of carboxylic acid groups (broad SMARTS) is 1. The second-order valence-corrected chi connectivity index (χ2v) is 5.88. The van der Waals surface area contributed by atoms with Crippen LogP contribution in [0.15, 0.2) is 42.5 Å². The van der Waals surface area contributed by atoms with Crippen molar-refractivity contribution >= 4 is 17.3 Å². The van der Waals surface area contributed by atoms with Crippen LogP contribution in [-0.2, 0) is 17.6 Å². The van der Waals surface area contributed by atoms with Gasteiger partial charge in [-0.2, -0.15) is 0 Å². The molecule has 2 rings (SSSR count). The minimum Gasteiger partial charge on any atom is -0.481 e. The molecule has 19 heavy (non-hydrogen) atoms. The second kappa shape index (κ2) is 7.10. The quantitative estimate of drug-likeness (QED) is 0.771. The first-order valence-corrected chi connectivity index (χ1v) is 7.39. The Morgan fingerprint density at radius 3 is 2.47 bits per heavy atom. The van der Waals surface area contributed by atoms with Crippen molar-refractivity contribution < 1.29 is 9.90 Å². The fourth-order valence-electron chi connectivity index (χ4n) is 2.02. The van der Waals surface area contributed by atoms with E-state index in [4.69, 9.17) is 5.11 Å². The Morgan fingerprint density at radius 1 is 1.00 bits per heavy atom. The third-order valence-electron chi connectivity index (χ3n) is 3.00. The van der Waals surface area contributed by atoms with Crippen LogP contribution in [-0.4, -0.2) is 11.1 Å². The lowest BCUT2D eigenvalue weighted by Crippen LogP contribution is -1.94. The molecule has 0 saturated heterocycles. The summed E-state index contributed by atoms with van der Waals surface area (Å²) in [5.41, 5.74) is 1.33. The van der Waals surface area contributed by atoms with Gasteiger partial charge in [0, 0.05) is 22.6 Å². The Balaban J connectivity index is 1.80. The van der Waals surface area contributed by atoms with Crippen molar-refractivity contribution in [3.05, 3.63) is 57.8 Å². The number of hydrogen-bond donors (Lipinski definition) is 1. The molecule has 1 aromatic heterocycles. The second-order valence-electron chi connectivity index (χ2n) is 4.63. The molecule has 0 fully saturated rings. The van der Waals surface area contributed by atoms with Gasteiger partial charge in [-0.3, -0.25) is 4.79 Å². The summed E-state index contributed by atoms with van der Waals surface area (Å²) in [7, 11) is 0. The first-order chi connectivity index (χ1) is 9.24. The smallest absolute Gasteiger partial charge is 0.303 e. The van der Waals surface area contributed by atoms with Crippen molar-refractivity contribution in [3.8, 4) is 0 Å². The van der Waals surface area contributed by atoms with Gasteiger partial charge in [0.15, 0.2) is 0 Å². The van der Waals surface area contributed by atoms with Crippen LogP contribution in [0.5, 0.6) is 0 Å². The van der Waals surface area contributed by atoms with E-state index >= 15 is 0 Å². The van der Waals surface area contributed by atoms with Crippen LogP contribution >= 0.6 is 11.3 Å². The summed E-state index contributed by atoms with van der Waals surface area (Å²) >= 11 is 1.84. The predicted octanol–water partition coefficient (Wildman–Crippen LogP) is 4.14. The number of carboxylic acids is 1. The standard InChI is InChI=1S/C16H18O2S/c17-16(18)9-5-4-8-14-10-11-15(19-14)12-13-6-2-1-3-7-13/h1-3,6-7,10-11H,4-5,8-9,12H2,(H,17,18). The van der Waals surface area contributed by atoms with Gasteiger partial charge in [0.1, 0.15) is 0 Å². The van der Waals surface area contributed by atoms with E-state index in [1.165, 1.54) is 15.3 Å². The monoisotopic (exact) mass is 274 g/mol. The van der Waals surface area contributed by atoms with Gasteiger partial charge in [-0.25, -0.2) is 0 Å². The number of aliphatic carboxylic acids is 1. The van der Waals surface area contributed by atoms with Gasteiger partial charge in [-0.05, 0) is 37.0 Å². The maximum absolute atomic E-state index is 10.4. The molecule has 0 unspecified atom stereocenters. The topological polar surface area (TPSA) is 37.3 Å². The molecule has 0 amide bonds. The molecule has 2 aromatic rings. The van der Waals surface area contributed by atoms with Gasteiger partial charge in [0.05, 0.1) is 0 Å². The lowest BCUT2D eigenvalue weighted by molar-refractivity contribution is -0.137. The summed E-state index contributed by atoms with van der Waals surface area (Å²) in [6, 6.07) is 14.8. The highest BCUT2D eigenvalue weighted by molar-refractivity contribution is 7.12. The van der Waals surface area contributed by atoms with Gasteiger partial charge in [-0.1, -0.05) is 30.3 Å². The van der Waals surface area contributed by atoms with Gasteiger partial charge in [0.2, 0.25) is 0 Å². The number of unbranched alkanes of at least 4 members (excludes halogenated alkanes) is 1. The molecule has 0 spiro atoms. The number of aryl methyl sites for hydroxylation is 1. The van der Waals surface area contributed by atoms with E-state index in [1.54, 1.807) is 0 Å². The van der Waals surface area contributed by atoms with Gasteiger partial charge < -0.3 is 5.11 Å². The Labute approximate surface area is 117 Å². The Morgan fingerprint density at radius 2 is 1.74 bits per heavy atom. The van der Waals surface area contributed by atoms with Gasteiger partial charge in [0.25, 0.3) is 0 Å². The molecule has 0 aliphatic rings. The zero-order valence-electron chi connectivity index (χ0n) is 10.8. The fraction of sp³-hybridized carbons (Fsp3) is 0.312.